The lowest BCUT2D eigenvalue weighted by Gasteiger charge is -2.33. The van der Waals surface area contributed by atoms with Crippen molar-refractivity contribution in [2.45, 2.75) is 38.6 Å². The summed E-state index contributed by atoms with van der Waals surface area (Å²) >= 11 is 5.36. The lowest BCUT2D eigenvalue weighted by atomic mass is 9.98. The first kappa shape index (κ1) is 12.6. The number of carbonyl (C=O) groups excluding carboxylic acids is 1. The van der Waals surface area contributed by atoms with Crippen LogP contribution in [0.15, 0.2) is 0 Å². The summed E-state index contributed by atoms with van der Waals surface area (Å²) in [6, 6.07) is 0.575. The van der Waals surface area contributed by atoms with Crippen LogP contribution in [0.1, 0.15) is 32.6 Å². The summed E-state index contributed by atoms with van der Waals surface area (Å²) in [7, 11) is 0. The van der Waals surface area contributed by atoms with Crippen LogP contribution in [0.5, 0.6) is 0 Å². The van der Waals surface area contributed by atoms with Crippen molar-refractivity contribution in [3.8, 4) is 0 Å². The summed E-state index contributed by atoms with van der Waals surface area (Å²) in [5, 5.41) is 4.13. The Morgan fingerprint density at radius 2 is 2.24 bits per heavy atom. The van der Waals surface area contributed by atoms with Crippen LogP contribution in [0.2, 0.25) is 0 Å². The highest BCUT2D eigenvalue weighted by Gasteiger charge is 2.30. The molecule has 2 fully saturated rings. The Bertz CT molecular complexity index is 305. The van der Waals surface area contributed by atoms with Gasteiger partial charge in [0.25, 0.3) is 0 Å². The zero-order valence-electron chi connectivity index (χ0n) is 10.3. The van der Waals surface area contributed by atoms with E-state index in [4.69, 9.17) is 17.0 Å². The van der Waals surface area contributed by atoms with Gasteiger partial charge in [-0.15, -0.1) is 0 Å². The molecule has 0 aromatic rings. The number of esters is 1. The molecular weight excluding hydrogens is 236 g/mol. The number of ether oxygens (including phenoxy) is 1. The molecule has 0 bridgehead atoms. The molecular formula is C12H20N2O2S. The summed E-state index contributed by atoms with van der Waals surface area (Å²) in [6.07, 6.45) is 4.36. The summed E-state index contributed by atoms with van der Waals surface area (Å²) in [4.78, 5) is 13.8. The predicted octanol–water partition coefficient (Wildman–Crippen LogP) is 1.30. The quantitative estimate of drug-likeness (QED) is 0.609. The number of piperidine rings is 1. The second-order valence-corrected chi connectivity index (χ2v) is 5.15. The van der Waals surface area contributed by atoms with Crippen molar-refractivity contribution in [2.24, 2.45) is 5.92 Å². The van der Waals surface area contributed by atoms with Crippen LogP contribution in [0, 0.1) is 5.92 Å². The van der Waals surface area contributed by atoms with Crippen LogP contribution in [0.3, 0.4) is 0 Å². The van der Waals surface area contributed by atoms with Crippen molar-refractivity contribution in [1.29, 1.82) is 0 Å². The van der Waals surface area contributed by atoms with Gasteiger partial charge in [0, 0.05) is 19.1 Å². The van der Waals surface area contributed by atoms with Crippen molar-refractivity contribution >= 4 is 23.3 Å². The average Bonchev–Trinajstić information content (AvgIpc) is 3.13. The highest BCUT2D eigenvalue weighted by molar-refractivity contribution is 7.80. The molecule has 1 unspecified atom stereocenters. The molecule has 4 nitrogen and oxygen atoms in total. The molecule has 2 aliphatic rings. The number of hydrogen-bond acceptors (Lipinski definition) is 3. The standard InChI is InChI=1S/C12H20N2O2S/c1-2-16-11(15)9-4-3-7-14(8-9)12(17)13-10-5-6-10/h9-10H,2-8H2,1H3,(H,13,17). The minimum Gasteiger partial charge on any atom is -0.466 e. The highest BCUT2D eigenvalue weighted by Crippen LogP contribution is 2.21. The van der Waals surface area contributed by atoms with Crippen molar-refractivity contribution in [3.05, 3.63) is 0 Å². The van der Waals surface area contributed by atoms with E-state index in [1.807, 2.05) is 6.92 Å². The summed E-state index contributed by atoms with van der Waals surface area (Å²) in [5.41, 5.74) is 0. The molecule has 0 spiro atoms. The van der Waals surface area contributed by atoms with Gasteiger partial charge in [0.05, 0.1) is 12.5 Å². The fraction of sp³-hybridized carbons (Fsp3) is 0.833. The predicted molar refractivity (Wildman–Crippen MR) is 69.7 cm³/mol. The molecule has 0 amide bonds. The van der Waals surface area contributed by atoms with E-state index in [0.29, 0.717) is 19.2 Å². The smallest absolute Gasteiger partial charge is 0.310 e. The Labute approximate surface area is 108 Å². The van der Waals surface area contributed by atoms with Gasteiger partial charge in [0.1, 0.15) is 0 Å². The number of nitrogens with zero attached hydrogens (tertiary/aromatic N) is 1. The second kappa shape index (κ2) is 5.67. The summed E-state index contributed by atoms with van der Waals surface area (Å²) in [5.74, 6) is -0.0888. The molecule has 1 aliphatic carbocycles. The molecule has 2 rings (SSSR count). The number of likely N-dealkylation sites (tertiary alicyclic amines) is 1. The first-order chi connectivity index (χ1) is 8.20. The number of carbonyl (C=O) groups is 1. The van der Waals surface area contributed by atoms with Gasteiger partial charge in [-0.1, -0.05) is 0 Å². The van der Waals surface area contributed by atoms with Crippen LogP contribution in [0.25, 0.3) is 0 Å². The van der Waals surface area contributed by atoms with E-state index in [1.54, 1.807) is 0 Å². The van der Waals surface area contributed by atoms with Gasteiger partial charge in [-0.25, -0.2) is 0 Å². The van der Waals surface area contributed by atoms with Gasteiger partial charge in [-0.05, 0) is 44.8 Å². The molecule has 1 saturated carbocycles. The minimum absolute atomic E-state index is 0.0114. The second-order valence-electron chi connectivity index (χ2n) is 4.76. The topological polar surface area (TPSA) is 41.6 Å². The number of nitrogens with one attached hydrogen (secondary N) is 1. The third-order valence-corrected chi connectivity index (χ3v) is 3.61. The van der Waals surface area contributed by atoms with Gasteiger partial charge < -0.3 is 15.0 Å². The molecule has 17 heavy (non-hydrogen) atoms. The van der Waals surface area contributed by atoms with E-state index < -0.39 is 0 Å². The first-order valence-corrected chi connectivity index (χ1v) is 6.83. The first-order valence-electron chi connectivity index (χ1n) is 6.42. The fourth-order valence-electron chi connectivity index (χ4n) is 2.11. The Kier molecular flexibility index (Phi) is 4.20. The summed E-state index contributed by atoms with van der Waals surface area (Å²) < 4.78 is 5.07. The monoisotopic (exact) mass is 256 g/mol. The van der Waals surface area contributed by atoms with Gasteiger partial charge in [-0.3, -0.25) is 4.79 Å². The maximum Gasteiger partial charge on any atom is 0.310 e. The molecule has 96 valence electrons. The van der Waals surface area contributed by atoms with Crippen LogP contribution in [-0.2, 0) is 9.53 Å². The highest BCUT2D eigenvalue weighted by atomic mass is 32.1. The van der Waals surface area contributed by atoms with Crippen LogP contribution in [-0.4, -0.2) is 41.7 Å². The molecule has 5 heteroatoms. The van der Waals surface area contributed by atoms with Crippen molar-refractivity contribution in [2.75, 3.05) is 19.7 Å². The zero-order valence-corrected chi connectivity index (χ0v) is 11.1. The van der Waals surface area contributed by atoms with E-state index in [1.165, 1.54) is 12.8 Å². The largest absolute Gasteiger partial charge is 0.466 e. The Morgan fingerprint density at radius 1 is 1.47 bits per heavy atom. The summed E-state index contributed by atoms with van der Waals surface area (Å²) in [6.45, 7) is 3.96. The van der Waals surface area contributed by atoms with Gasteiger partial charge in [0.15, 0.2) is 5.11 Å². The normalized spacial score (nSPS) is 24.3. The Hall–Kier alpha value is -0.840. The maximum absolute atomic E-state index is 11.7. The minimum atomic E-state index is -0.0774. The SMILES string of the molecule is CCOC(=O)C1CCCN(C(=S)NC2CC2)C1. The molecule has 0 aromatic carbocycles. The molecule has 1 aliphatic heterocycles. The number of hydrogen-bond donors (Lipinski definition) is 1. The van der Waals surface area contributed by atoms with Gasteiger partial charge in [-0.2, -0.15) is 0 Å². The van der Waals surface area contributed by atoms with E-state index >= 15 is 0 Å². The Morgan fingerprint density at radius 3 is 2.88 bits per heavy atom. The van der Waals surface area contributed by atoms with Crippen LogP contribution in [0.4, 0.5) is 0 Å². The molecule has 0 aromatic heterocycles. The van der Waals surface area contributed by atoms with Crippen LogP contribution < -0.4 is 5.32 Å². The number of thiocarbonyl (C=S) groups is 1. The van der Waals surface area contributed by atoms with Gasteiger partial charge in [0.2, 0.25) is 0 Å². The van der Waals surface area contributed by atoms with Crippen molar-refractivity contribution < 1.29 is 9.53 Å². The van der Waals surface area contributed by atoms with Gasteiger partial charge >= 0.3 is 5.97 Å². The van der Waals surface area contributed by atoms with E-state index in [2.05, 4.69) is 10.2 Å². The van der Waals surface area contributed by atoms with Crippen molar-refractivity contribution in [1.82, 2.24) is 10.2 Å². The molecule has 1 saturated heterocycles. The Balaban J connectivity index is 1.82. The van der Waals surface area contributed by atoms with E-state index in [9.17, 15) is 4.79 Å². The lowest BCUT2D eigenvalue weighted by molar-refractivity contribution is -0.149. The lowest BCUT2D eigenvalue weighted by Crippen LogP contribution is -2.47. The van der Waals surface area contributed by atoms with Crippen molar-refractivity contribution in [3.63, 3.8) is 0 Å². The molecule has 1 N–H and O–H groups in total. The van der Waals surface area contributed by atoms with E-state index in [-0.39, 0.29) is 11.9 Å². The third-order valence-electron chi connectivity index (χ3n) is 3.23. The van der Waals surface area contributed by atoms with E-state index in [0.717, 1.165) is 24.5 Å². The maximum atomic E-state index is 11.7. The number of rotatable bonds is 3. The van der Waals surface area contributed by atoms with Crippen LogP contribution >= 0.6 is 12.2 Å². The zero-order chi connectivity index (χ0) is 12.3. The molecule has 1 atom stereocenters. The molecule has 0 radical (unpaired) electrons. The fourth-order valence-corrected chi connectivity index (χ4v) is 2.44. The third kappa shape index (κ3) is 3.56. The molecule has 1 heterocycles. The average molecular weight is 256 g/mol.